The molecule has 0 spiro atoms. The number of sulfonamides is 1. The summed E-state index contributed by atoms with van der Waals surface area (Å²) in [5.74, 6) is -2.54. The number of carbonyl (C=O) groups excluding carboxylic acids is 3. The lowest BCUT2D eigenvalue weighted by Gasteiger charge is -2.13. The van der Waals surface area contributed by atoms with Crippen LogP contribution in [0.3, 0.4) is 0 Å². The second-order valence-corrected chi connectivity index (χ2v) is 9.84. The van der Waals surface area contributed by atoms with Gasteiger partial charge in [0.2, 0.25) is 10.0 Å². The van der Waals surface area contributed by atoms with Crippen molar-refractivity contribution in [2.24, 2.45) is 5.14 Å². The van der Waals surface area contributed by atoms with Crippen molar-refractivity contribution < 1.29 is 31.9 Å². The Morgan fingerprint density at radius 1 is 1.00 bits per heavy atom. The molecule has 1 aromatic heterocycles. The number of benzene rings is 2. The van der Waals surface area contributed by atoms with Crippen LogP contribution >= 0.6 is 11.3 Å². The van der Waals surface area contributed by atoms with Crippen LogP contribution in [-0.4, -0.2) is 32.3 Å². The minimum atomic E-state index is -3.94. The topological polar surface area (TPSA) is 145 Å². The molecule has 0 bridgehead atoms. The summed E-state index contributed by atoms with van der Waals surface area (Å²) in [4.78, 5) is 37.2. The third-order valence-corrected chi connectivity index (χ3v) is 6.52. The summed E-state index contributed by atoms with van der Waals surface area (Å²) < 4.78 is 41.7. The van der Waals surface area contributed by atoms with Gasteiger partial charge in [-0.2, -0.15) is 0 Å². The molecule has 1 atom stereocenters. The van der Waals surface area contributed by atoms with Crippen molar-refractivity contribution in [2.75, 3.05) is 10.6 Å². The maximum atomic E-state index is 13.6. The first-order valence-electron chi connectivity index (χ1n) is 9.76. The number of ether oxygens (including phenoxy) is 1. The van der Waals surface area contributed by atoms with Crippen LogP contribution in [0.15, 0.2) is 59.5 Å². The molecule has 0 aliphatic rings. The van der Waals surface area contributed by atoms with Crippen molar-refractivity contribution in [2.45, 2.75) is 24.8 Å². The van der Waals surface area contributed by atoms with Gasteiger partial charge in [0.25, 0.3) is 11.8 Å². The number of thiophene rings is 1. The fourth-order valence-corrected chi connectivity index (χ4v) is 4.04. The quantitative estimate of drug-likeness (QED) is 0.420. The highest BCUT2D eigenvalue weighted by molar-refractivity contribution is 7.89. The van der Waals surface area contributed by atoms with Gasteiger partial charge in [-0.15, -0.1) is 11.3 Å². The number of nitrogens with two attached hydrogens (primary N) is 1. The first kappa shape index (κ1) is 25.0. The molecule has 3 aromatic rings. The van der Waals surface area contributed by atoms with Gasteiger partial charge in [0.05, 0.1) is 9.77 Å². The number of rotatable bonds is 7. The molecule has 0 aliphatic heterocycles. The van der Waals surface area contributed by atoms with Crippen LogP contribution in [0.5, 0.6) is 0 Å². The van der Waals surface area contributed by atoms with Crippen molar-refractivity contribution in [1.29, 1.82) is 0 Å². The van der Waals surface area contributed by atoms with E-state index in [1.165, 1.54) is 55.5 Å². The van der Waals surface area contributed by atoms with E-state index in [9.17, 15) is 27.2 Å². The highest BCUT2D eigenvalue weighted by Crippen LogP contribution is 2.21. The maximum Gasteiger partial charge on any atom is 0.349 e. The number of primary sulfonamides is 1. The van der Waals surface area contributed by atoms with E-state index in [4.69, 9.17) is 9.88 Å². The van der Waals surface area contributed by atoms with Crippen molar-refractivity contribution in [3.05, 3.63) is 75.7 Å². The Labute approximate surface area is 198 Å². The number of halogens is 1. The number of hydrogen-bond donors (Lipinski definition) is 3. The van der Waals surface area contributed by atoms with Crippen LogP contribution in [0.25, 0.3) is 0 Å². The molecule has 0 radical (unpaired) electrons. The Bertz CT molecular complexity index is 1370. The summed E-state index contributed by atoms with van der Waals surface area (Å²) in [5.41, 5.74) is 0.844. The predicted octanol–water partition coefficient (Wildman–Crippen LogP) is 3.28. The zero-order valence-corrected chi connectivity index (χ0v) is 19.6. The third-order valence-electron chi connectivity index (χ3n) is 4.54. The molecule has 178 valence electrons. The molecule has 0 fully saturated rings. The fourth-order valence-electron chi connectivity index (χ4n) is 2.70. The Hall–Kier alpha value is -3.61. The van der Waals surface area contributed by atoms with Gasteiger partial charge < -0.3 is 15.4 Å². The fraction of sp³-hybridized carbons (Fsp3) is 0.136. The molecule has 9 nitrogen and oxygen atoms in total. The van der Waals surface area contributed by atoms with E-state index in [2.05, 4.69) is 10.6 Å². The van der Waals surface area contributed by atoms with Crippen LogP contribution in [-0.2, 0) is 19.6 Å². The number of amides is 2. The predicted molar refractivity (Wildman–Crippen MR) is 125 cm³/mol. The lowest BCUT2D eigenvalue weighted by molar-refractivity contribution is -0.123. The van der Waals surface area contributed by atoms with E-state index in [0.717, 1.165) is 17.4 Å². The summed E-state index contributed by atoms with van der Waals surface area (Å²) in [6.07, 6.45) is -1.18. The standard InChI is InChI=1S/C22H20FN3O6S2/c1-12-6-7-15(11-17(12)23)25-20(27)13(2)32-22(29)19-9-8-18(33-19)21(28)26-14-4-3-5-16(10-14)34(24,30)31/h3-11,13H,1-2H3,(H,25,27)(H,26,28)(H2,24,30,31). The number of carbonyl (C=O) groups is 3. The van der Waals surface area contributed by atoms with E-state index in [1.807, 2.05) is 0 Å². The van der Waals surface area contributed by atoms with Crippen LogP contribution in [0.1, 0.15) is 31.8 Å². The number of anilines is 2. The number of esters is 1. The Kier molecular flexibility index (Phi) is 7.44. The highest BCUT2D eigenvalue weighted by Gasteiger charge is 2.22. The Balaban J connectivity index is 1.61. The second kappa shape index (κ2) is 10.1. The summed E-state index contributed by atoms with van der Waals surface area (Å²) in [6.45, 7) is 2.94. The van der Waals surface area contributed by atoms with Crippen LogP contribution < -0.4 is 15.8 Å². The lowest BCUT2D eigenvalue weighted by Crippen LogP contribution is -2.29. The zero-order valence-electron chi connectivity index (χ0n) is 18.0. The van der Waals surface area contributed by atoms with Gasteiger partial charge in [0.15, 0.2) is 6.10 Å². The van der Waals surface area contributed by atoms with Crippen LogP contribution in [0, 0.1) is 12.7 Å². The van der Waals surface area contributed by atoms with Gasteiger partial charge in [-0.25, -0.2) is 22.7 Å². The highest BCUT2D eigenvalue weighted by atomic mass is 32.2. The molecule has 2 aromatic carbocycles. The summed E-state index contributed by atoms with van der Waals surface area (Å²) in [6, 6.07) is 12.3. The largest absolute Gasteiger partial charge is 0.448 e. The van der Waals surface area contributed by atoms with E-state index < -0.39 is 39.7 Å². The first-order valence-corrected chi connectivity index (χ1v) is 12.1. The monoisotopic (exact) mass is 505 g/mol. The van der Waals surface area contributed by atoms with Gasteiger partial charge in [-0.05, 0) is 61.9 Å². The molecule has 3 rings (SSSR count). The molecule has 1 heterocycles. The van der Waals surface area contributed by atoms with Gasteiger partial charge in [-0.3, -0.25) is 9.59 Å². The Morgan fingerprint density at radius 2 is 1.68 bits per heavy atom. The number of nitrogens with one attached hydrogen (secondary N) is 2. The molecule has 0 aliphatic carbocycles. The average Bonchev–Trinajstić information content (AvgIpc) is 3.26. The molecule has 2 amide bonds. The van der Waals surface area contributed by atoms with Gasteiger partial charge in [-0.1, -0.05) is 12.1 Å². The number of hydrogen-bond acceptors (Lipinski definition) is 7. The SMILES string of the molecule is Cc1ccc(NC(=O)C(C)OC(=O)c2ccc(C(=O)Nc3cccc(S(N)(=O)=O)c3)s2)cc1F. The second-order valence-electron chi connectivity index (χ2n) is 7.19. The van der Waals surface area contributed by atoms with Crippen molar-refractivity contribution >= 4 is 50.5 Å². The maximum absolute atomic E-state index is 13.6. The number of aryl methyl sites for hydroxylation is 1. The molecular weight excluding hydrogens is 485 g/mol. The molecule has 1 unspecified atom stereocenters. The molecular formula is C22H20FN3O6S2. The summed E-state index contributed by atoms with van der Waals surface area (Å²) >= 11 is 0.829. The van der Waals surface area contributed by atoms with Crippen molar-refractivity contribution in [3.8, 4) is 0 Å². The summed E-state index contributed by atoms with van der Waals surface area (Å²) in [7, 11) is -3.94. The van der Waals surface area contributed by atoms with E-state index in [-0.39, 0.29) is 26.0 Å². The van der Waals surface area contributed by atoms with E-state index in [1.54, 1.807) is 6.92 Å². The van der Waals surface area contributed by atoms with Crippen molar-refractivity contribution in [1.82, 2.24) is 0 Å². The third kappa shape index (κ3) is 6.25. The van der Waals surface area contributed by atoms with Crippen LogP contribution in [0.2, 0.25) is 0 Å². The summed E-state index contributed by atoms with van der Waals surface area (Å²) in [5, 5.41) is 10.1. The Morgan fingerprint density at radius 3 is 2.35 bits per heavy atom. The molecule has 34 heavy (non-hydrogen) atoms. The minimum Gasteiger partial charge on any atom is -0.448 e. The first-order chi connectivity index (χ1) is 15.9. The molecule has 0 saturated heterocycles. The molecule has 12 heteroatoms. The lowest BCUT2D eigenvalue weighted by atomic mass is 10.2. The minimum absolute atomic E-state index is 0.0736. The van der Waals surface area contributed by atoms with Crippen molar-refractivity contribution in [3.63, 3.8) is 0 Å². The van der Waals surface area contributed by atoms with Crippen LogP contribution in [0.4, 0.5) is 15.8 Å². The molecule has 0 saturated carbocycles. The average molecular weight is 506 g/mol. The van der Waals surface area contributed by atoms with E-state index >= 15 is 0 Å². The molecule has 4 N–H and O–H groups in total. The van der Waals surface area contributed by atoms with E-state index in [0.29, 0.717) is 5.56 Å². The smallest absolute Gasteiger partial charge is 0.349 e. The normalized spacial score (nSPS) is 12.0. The van der Waals surface area contributed by atoms with Gasteiger partial charge in [0, 0.05) is 11.4 Å². The van der Waals surface area contributed by atoms with Gasteiger partial charge >= 0.3 is 5.97 Å². The van der Waals surface area contributed by atoms with Gasteiger partial charge in [0.1, 0.15) is 10.7 Å². The zero-order chi connectivity index (χ0) is 25.0.